The Hall–Kier alpha value is -2.08. The van der Waals surface area contributed by atoms with E-state index in [2.05, 4.69) is 0 Å². The molecule has 0 unspecified atom stereocenters. The van der Waals surface area contributed by atoms with Crippen LogP contribution in [0.4, 0.5) is 5.69 Å². The van der Waals surface area contributed by atoms with Crippen LogP contribution >= 0.6 is 0 Å². The molecule has 2 rings (SSSR count). The molecule has 0 saturated carbocycles. The van der Waals surface area contributed by atoms with Crippen LogP contribution in [-0.2, 0) is 14.4 Å². The number of para-hydroxylation sites is 2. The first-order valence-corrected chi connectivity index (χ1v) is 6.77. The fourth-order valence-electron chi connectivity index (χ4n) is 2.21. The van der Waals surface area contributed by atoms with Gasteiger partial charge in [0.25, 0.3) is 5.91 Å². The summed E-state index contributed by atoms with van der Waals surface area (Å²) in [6.07, 6.45) is 0.181. The van der Waals surface area contributed by atoms with Gasteiger partial charge in [-0.25, -0.2) is 5.06 Å². The molecule has 0 N–H and O–H groups in total. The SMILES string of the molecule is CON(C)C(=O)CCN1C(=O)C(C)(C)Oc2ccccc21. The lowest BCUT2D eigenvalue weighted by atomic mass is 10.0. The van der Waals surface area contributed by atoms with Gasteiger partial charge < -0.3 is 9.64 Å². The van der Waals surface area contributed by atoms with Gasteiger partial charge in [-0.2, -0.15) is 0 Å². The molecule has 2 amide bonds. The third kappa shape index (κ3) is 3.00. The van der Waals surface area contributed by atoms with Crippen LogP contribution in [0, 0.1) is 0 Å². The molecule has 0 saturated heterocycles. The van der Waals surface area contributed by atoms with E-state index in [9.17, 15) is 9.59 Å². The highest BCUT2D eigenvalue weighted by molar-refractivity contribution is 6.02. The quantitative estimate of drug-likeness (QED) is 0.791. The number of benzene rings is 1. The van der Waals surface area contributed by atoms with Crippen molar-refractivity contribution < 1.29 is 19.2 Å². The van der Waals surface area contributed by atoms with Crippen molar-refractivity contribution in [1.29, 1.82) is 0 Å². The molecule has 0 aliphatic carbocycles. The summed E-state index contributed by atoms with van der Waals surface area (Å²) in [5.74, 6) is 0.302. The zero-order valence-corrected chi connectivity index (χ0v) is 12.8. The first-order chi connectivity index (χ1) is 9.86. The highest BCUT2D eigenvalue weighted by atomic mass is 16.7. The van der Waals surface area contributed by atoms with Gasteiger partial charge >= 0.3 is 0 Å². The van der Waals surface area contributed by atoms with Crippen molar-refractivity contribution in [2.75, 3.05) is 25.6 Å². The minimum atomic E-state index is -0.940. The van der Waals surface area contributed by atoms with Crippen LogP contribution in [0.15, 0.2) is 24.3 Å². The van der Waals surface area contributed by atoms with E-state index in [1.807, 2.05) is 24.3 Å². The van der Waals surface area contributed by atoms with E-state index in [1.54, 1.807) is 25.8 Å². The Morgan fingerprint density at radius 3 is 2.71 bits per heavy atom. The first kappa shape index (κ1) is 15.3. The molecule has 114 valence electrons. The molecule has 0 aromatic heterocycles. The first-order valence-electron chi connectivity index (χ1n) is 6.77. The van der Waals surface area contributed by atoms with Gasteiger partial charge in [-0.05, 0) is 26.0 Å². The Morgan fingerprint density at radius 1 is 1.38 bits per heavy atom. The summed E-state index contributed by atoms with van der Waals surface area (Å²) in [6.45, 7) is 3.73. The molecular weight excluding hydrogens is 272 g/mol. The van der Waals surface area contributed by atoms with Crippen molar-refractivity contribution in [2.45, 2.75) is 25.9 Å². The molecule has 0 atom stereocenters. The Morgan fingerprint density at radius 2 is 2.05 bits per heavy atom. The fourth-order valence-corrected chi connectivity index (χ4v) is 2.21. The minimum Gasteiger partial charge on any atom is -0.476 e. The average Bonchev–Trinajstić information content (AvgIpc) is 2.46. The predicted octanol–water partition coefficient (Wildman–Crippen LogP) is 1.60. The standard InChI is InChI=1S/C15H20N2O4/c1-15(2)14(19)17(10-9-13(18)16(3)20-4)11-7-5-6-8-12(11)21-15/h5-8H,9-10H2,1-4H3. The maximum absolute atomic E-state index is 12.5. The summed E-state index contributed by atoms with van der Waals surface area (Å²) in [4.78, 5) is 30.8. The lowest BCUT2D eigenvalue weighted by Crippen LogP contribution is -2.53. The maximum atomic E-state index is 12.5. The second-order valence-corrected chi connectivity index (χ2v) is 5.36. The molecule has 1 aromatic rings. The van der Waals surface area contributed by atoms with Crippen LogP contribution in [0.2, 0.25) is 0 Å². The van der Waals surface area contributed by atoms with Crippen molar-refractivity contribution >= 4 is 17.5 Å². The highest BCUT2D eigenvalue weighted by Crippen LogP contribution is 2.37. The summed E-state index contributed by atoms with van der Waals surface area (Å²) < 4.78 is 5.73. The molecule has 0 spiro atoms. The topological polar surface area (TPSA) is 59.1 Å². The van der Waals surface area contributed by atoms with Crippen molar-refractivity contribution in [2.24, 2.45) is 0 Å². The van der Waals surface area contributed by atoms with E-state index in [4.69, 9.17) is 9.57 Å². The number of hydrogen-bond acceptors (Lipinski definition) is 4. The number of rotatable bonds is 4. The lowest BCUT2D eigenvalue weighted by Gasteiger charge is -2.38. The number of amides is 2. The third-order valence-electron chi connectivity index (χ3n) is 3.46. The van der Waals surface area contributed by atoms with E-state index in [1.165, 1.54) is 7.11 Å². The highest BCUT2D eigenvalue weighted by Gasteiger charge is 2.40. The molecule has 21 heavy (non-hydrogen) atoms. The van der Waals surface area contributed by atoms with Crippen LogP contribution < -0.4 is 9.64 Å². The maximum Gasteiger partial charge on any atom is 0.270 e. The number of hydrogen-bond donors (Lipinski definition) is 0. The van der Waals surface area contributed by atoms with Crippen molar-refractivity contribution in [3.63, 3.8) is 0 Å². The number of nitrogens with zero attached hydrogens (tertiary/aromatic N) is 2. The van der Waals surface area contributed by atoms with Crippen LogP contribution in [0.3, 0.4) is 0 Å². The fraction of sp³-hybridized carbons (Fsp3) is 0.467. The normalized spacial score (nSPS) is 16.2. The van der Waals surface area contributed by atoms with E-state index in [-0.39, 0.29) is 24.8 Å². The molecule has 0 fully saturated rings. The molecule has 1 aromatic carbocycles. The average molecular weight is 292 g/mol. The number of hydroxylamine groups is 2. The Kier molecular flexibility index (Phi) is 4.18. The predicted molar refractivity (Wildman–Crippen MR) is 77.9 cm³/mol. The van der Waals surface area contributed by atoms with Crippen molar-refractivity contribution in [1.82, 2.24) is 5.06 Å². The van der Waals surface area contributed by atoms with E-state index in [0.717, 1.165) is 5.06 Å². The number of carbonyl (C=O) groups is 2. The molecule has 0 radical (unpaired) electrons. The minimum absolute atomic E-state index is 0.158. The Balaban J connectivity index is 2.21. The smallest absolute Gasteiger partial charge is 0.270 e. The molecule has 0 bridgehead atoms. The van der Waals surface area contributed by atoms with Gasteiger partial charge in [-0.1, -0.05) is 12.1 Å². The van der Waals surface area contributed by atoms with E-state index < -0.39 is 5.60 Å². The second-order valence-electron chi connectivity index (χ2n) is 5.36. The number of anilines is 1. The number of ether oxygens (including phenoxy) is 1. The largest absolute Gasteiger partial charge is 0.476 e. The van der Waals surface area contributed by atoms with Crippen LogP contribution in [-0.4, -0.2) is 43.2 Å². The van der Waals surface area contributed by atoms with Crippen LogP contribution in [0.5, 0.6) is 5.75 Å². The lowest BCUT2D eigenvalue weighted by molar-refractivity contribution is -0.168. The summed E-state index contributed by atoms with van der Waals surface area (Å²) in [5.41, 5.74) is -0.250. The van der Waals surface area contributed by atoms with Gasteiger partial charge in [0.05, 0.1) is 12.8 Å². The van der Waals surface area contributed by atoms with Gasteiger partial charge in [-0.15, -0.1) is 0 Å². The summed E-state index contributed by atoms with van der Waals surface area (Å²) in [7, 11) is 2.97. The molecule has 6 heteroatoms. The number of carbonyl (C=O) groups excluding carboxylic acids is 2. The zero-order chi connectivity index (χ0) is 15.6. The summed E-state index contributed by atoms with van der Waals surface area (Å²) >= 11 is 0. The summed E-state index contributed by atoms with van der Waals surface area (Å²) in [6, 6.07) is 7.32. The monoisotopic (exact) mass is 292 g/mol. The van der Waals surface area contributed by atoms with Gasteiger partial charge in [0.15, 0.2) is 5.60 Å². The molecule has 6 nitrogen and oxygen atoms in total. The zero-order valence-electron chi connectivity index (χ0n) is 12.8. The number of fused-ring (bicyclic) bond motifs is 1. The summed E-state index contributed by atoms with van der Waals surface area (Å²) in [5, 5.41) is 1.15. The van der Waals surface area contributed by atoms with Crippen molar-refractivity contribution in [3.05, 3.63) is 24.3 Å². The van der Waals surface area contributed by atoms with Gasteiger partial charge in [-0.3, -0.25) is 14.4 Å². The Bertz CT molecular complexity index is 556. The molecule has 1 aliphatic rings. The Labute approximate surface area is 124 Å². The van der Waals surface area contributed by atoms with Gasteiger partial charge in [0.2, 0.25) is 5.91 Å². The van der Waals surface area contributed by atoms with Crippen LogP contribution in [0.25, 0.3) is 0 Å². The molecule has 1 aliphatic heterocycles. The molecule has 1 heterocycles. The van der Waals surface area contributed by atoms with E-state index >= 15 is 0 Å². The van der Waals surface area contributed by atoms with Gasteiger partial charge in [0.1, 0.15) is 5.75 Å². The van der Waals surface area contributed by atoms with Gasteiger partial charge in [0, 0.05) is 20.0 Å². The van der Waals surface area contributed by atoms with Crippen LogP contribution in [0.1, 0.15) is 20.3 Å². The third-order valence-corrected chi connectivity index (χ3v) is 3.46. The van der Waals surface area contributed by atoms with Crippen molar-refractivity contribution in [3.8, 4) is 5.75 Å². The molecular formula is C15H20N2O4. The van der Waals surface area contributed by atoms with E-state index in [0.29, 0.717) is 11.4 Å². The second kappa shape index (κ2) is 5.73.